The molecule has 0 atom stereocenters. The van der Waals surface area contributed by atoms with Crippen molar-refractivity contribution in [1.29, 1.82) is 0 Å². The molecule has 0 spiro atoms. The van der Waals surface area contributed by atoms with Gasteiger partial charge in [0.25, 0.3) is 0 Å². The Kier molecular flexibility index (Phi) is 10.6. The van der Waals surface area contributed by atoms with Crippen LogP contribution in [-0.2, 0) is 0 Å². The molecule has 0 radical (unpaired) electrons. The Labute approximate surface area is 363 Å². The van der Waals surface area contributed by atoms with E-state index in [9.17, 15) is 0 Å². The zero-order chi connectivity index (χ0) is 41.7. The van der Waals surface area contributed by atoms with Gasteiger partial charge in [-0.3, -0.25) is 4.79 Å². The predicted octanol–water partition coefficient (Wildman–Crippen LogP) is 16.3. The standard InChI is InChI=1S/C61H42O/c62-61(59-39-55(51-29-13-25-47(33-51)43-17-5-1-6-18-43)37-56(40-59)52-30-14-26-48(34-52)44-19-7-2-8-20-44)60-41-57(53-31-15-27-49(35-53)45-21-9-3-10-22-45)38-58(42-60)54-32-16-28-50(36-54)46-23-11-4-12-24-46/h1-42H. The maximum absolute atomic E-state index is 15.3. The molecule has 0 N–H and O–H groups in total. The molecule has 0 bridgehead atoms. The highest BCUT2D eigenvalue weighted by Gasteiger charge is 2.18. The van der Waals surface area contributed by atoms with Crippen LogP contribution in [0.25, 0.3) is 89.0 Å². The number of benzene rings is 10. The van der Waals surface area contributed by atoms with Gasteiger partial charge in [-0.2, -0.15) is 0 Å². The van der Waals surface area contributed by atoms with E-state index in [1.165, 1.54) is 0 Å². The van der Waals surface area contributed by atoms with Gasteiger partial charge in [0.15, 0.2) is 5.78 Å². The lowest BCUT2D eigenvalue weighted by Gasteiger charge is -2.15. The summed E-state index contributed by atoms with van der Waals surface area (Å²) in [5, 5.41) is 0. The Balaban J connectivity index is 1.13. The average molecular weight is 791 g/mol. The first kappa shape index (κ1) is 38.1. The molecule has 10 rings (SSSR count). The molecule has 0 aliphatic heterocycles. The van der Waals surface area contributed by atoms with Gasteiger partial charge in [0.05, 0.1) is 0 Å². The first-order chi connectivity index (χ1) is 30.6. The third kappa shape index (κ3) is 8.21. The molecule has 0 saturated heterocycles. The lowest BCUT2D eigenvalue weighted by atomic mass is 9.88. The molecular formula is C61H42O. The minimum Gasteiger partial charge on any atom is -0.289 e. The zero-order valence-electron chi connectivity index (χ0n) is 34.2. The van der Waals surface area contributed by atoms with Gasteiger partial charge in [-0.25, -0.2) is 0 Å². The van der Waals surface area contributed by atoms with Crippen molar-refractivity contribution in [3.63, 3.8) is 0 Å². The van der Waals surface area contributed by atoms with E-state index >= 15 is 4.79 Å². The summed E-state index contributed by atoms with van der Waals surface area (Å²) < 4.78 is 0. The van der Waals surface area contributed by atoms with Crippen molar-refractivity contribution in [3.05, 3.63) is 266 Å². The van der Waals surface area contributed by atoms with Crippen molar-refractivity contribution >= 4 is 5.78 Å². The van der Waals surface area contributed by atoms with Gasteiger partial charge in [0.1, 0.15) is 0 Å². The topological polar surface area (TPSA) is 17.1 Å². The lowest BCUT2D eigenvalue weighted by Crippen LogP contribution is -2.03. The molecule has 0 fully saturated rings. The highest BCUT2D eigenvalue weighted by Crippen LogP contribution is 2.37. The van der Waals surface area contributed by atoms with E-state index in [1.54, 1.807) is 0 Å². The zero-order valence-corrected chi connectivity index (χ0v) is 34.2. The summed E-state index contributed by atoms with van der Waals surface area (Å²) in [6.07, 6.45) is 0. The van der Waals surface area contributed by atoms with Gasteiger partial charge in [-0.05, 0) is 150 Å². The molecule has 0 aromatic heterocycles. The fourth-order valence-corrected chi connectivity index (χ4v) is 8.39. The van der Waals surface area contributed by atoms with E-state index < -0.39 is 0 Å². The van der Waals surface area contributed by atoms with Crippen LogP contribution in [0.5, 0.6) is 0 Å². The van der Waals surface area contributed by atoms with Crippen LogP contribution in [0, 0.1) is 0 Å². The number of carbonyl (C=O) groups excluding carboxylic acids is 1. The number of carbonyl (C=O) groups is 1. The van der Waals surface area contributed by atoms with Crippen LogP contribution in [0.3, 0.4) is 0 Å². The van der Waals surface area contributed by atoms with Crippen LogP contribution >= 0.6 is 0 Å². The fraction of sp³-hybridized carbons (Fsp3) is 0. The first-order valence-corrected chi connectivity index (χ1v) is 21.1. The van der Waals surface area contributed by atoms with Crippen molar-refractivity contribution in [2.75, 3.05) is 0 Å². The quantitative estimate of drug-likeness (QED) is 0.126. The summed E-state index contributed by atoms with van der Waals surface area (Å²) in [6.45, 7) is 0. The molecule has 0 unspecified atom stereocenters. The Hall–Kier alpha value is -8.13. The van der Waals surface area contributed by atoms with E-state index in [2.05, 4.69) is 231 Å². The average Bonchev–Trinajstić information content (AvgIpc) is 3.37. The molecule has 10 aromatic rings. The SMILES string of the molecule is O=C(c1cc(-c2cccc(-c3ccccc3)c2)cc(-c2cccc(-c3ccccc3)c2)c1)c1cc(-c2cccc(-c3ccccc3)c2)cc(-c2cccc(-c3ccccc3)c2)c1. The van der Waals surface area contributed by atoms with Crippen molar-refractivity contribution in [2.45, 2.75) is 0 Å². The summed E-state index contributed by atoms with van der Waals surface area (Å²) in [7, 11) is 0. The van der Waals surface area contributed by atoms with E-state index in [-0.39, 0.29) is 5.78 Å². The molecule has 1 heteroatoms. The summed E-state index contributed by atoms with van der Waals surface area (Å²) in [4.78, 5) is 15.3. The Morgan fingerprint density at radius 2 is 0.355 bits per heavy atom. The van der Waals surface area contributed by atoms with Crippen LogP contribution in [-0.4, -0.2) is 5.78 Å². The second-order valence-electron chi connectivity index (χ2n) is 15.7. The maximum atomic E-state index is 15.3. The number of ketones is 1. The second-order valence-corrected chi connectivity index (χ2v) is 15.7. The molecule has 0 saturated carbocycles. The van der Waals surface area contributed by atoms with Gasteiger partial charge >= 0.3 is 0 Å². The Morgan fingerprint density at radius 1 is 0.177 bits per heavy atom. The van der Waals surface area contributed by atoms with E-state index in [4.69, 9.17) is 0 Å². The van der Waals surface area contributed by atoms with Crippen LogP contribution in [0.4, 0.5) is 0 Å². The maximum Gasteiger partial charge on any atom is 0.193 e. The lowest BCUT2D eigenvalue weighted by molar-refractivity contribution is 0.103. The van der Waals surface area contributed by atoms with Gasteiger partial charge in [0.2, 0.25) is 0 Å². The van der Waals surface area contributed by atoms with Crippen molar-refractivity contribution in [3.8, 4) is 89.0 Å². The highest BCUT2D eigenvalue weighted by atomic mass is 16.1. The first-order valence-electron chi connectivity index (χ1n) is 21.1. The molecule has 0 aliphatic carbocycles. The van der Waals surface area contributed by atoms with Gasteiger partial charge in [-0.1, -0.05) is 194 Å². The fourth-order valence-electron chi connectivity index (χ4n) is 8.39. The molecular weight excluding hydrogens is 749 g/mol. The van der Waals surface area contributed by atoms with Gasteiger partial charge in [-0.15, -0.1) is 0 Å². The molecule has 1 nitrogen and oxygen atoms in total. The number of rotatable bonds is 10. The van der Waals surface area contributed by atoms with E-state index in [0.717, 1.165) is 89.0 Å². The Bertz CT molecular complexity index is 2750. The minimum absolute atomic E-state index is 0.0342. The summed E-state index contributed by atoms with van der Waals surface area (Å²) >= 11 is 0. The summed E-state index contributed by atoms with van der Waals surface area (Å²) in [6, 6.07) is 88.9. The van der Waals surface area contributed by atoms with Crippen LogP contribution in [0.2, 0.25) is 0 Å². The van der Waals surface area contributed by atoms with Crippen molar-refractivity contribution in [2.24, 2.45) is 0 Å². The molecule has 0 heterocycles. The second kappa shape index (κ2) is 17.2. The third-order valence-electron chi connectivity index (χ3n) is 11.6. The van der Waals surface area contributed by atoms with E-state index in [0.29, 0.717) is 11.1 Å². The Morgan fingerprint density at radius 3 is 0.581 bits per heavy atom. The smallest absolute Gasteiger partial charge is 0.193 e. The summed E-state index contributed by atoms with van der Waals surface area (Å²) in [5.41, 5.74) is 18.5. The van der Waals surface area contributed by atoms with Crippen molar-refractivity contribution < 1.29 is 4.79 Å². The molecule has 292 valence electrons. The third-order valence-corrected chi connectivity index (χ3v) is 11.6. The minimum atomic E-state index is -0.0342. The molecule has 62 heavy (non-hydrogen) atoms. The van der Waals surface area contributed by atoms with Crippen LogP contribution in [0.1, 0.15) is 15.9 Å². The van der Waals surface area contributed by atoms with Crippen molar-refractivity contribution in [1.82, 2.24) is 0 Å². The monoisotopic (exact) mass is 790 g/mol. The van der Waals surface area contributed by atoms with Gasteiger partial charge < -0.3 is 0 Å². The molecule has 0 amide bonds. The predicted molar refractivity (Wildman–Crippen MR) is 260 cm³/mol. The van der Waals surface area contributed by atoms with E-state index in [1.807, 2.05) is 24.3 Å². The largest absolute Gasteiger partial charge is 0.289 e. The van der Waals surface area contributed by atoms with Crippen LogP contribution < -0.4 is 0 Å². The molecule has 10 aromatic carbocycles. The normalized spacial score (nSPS) is 11.0. The summed E-state index contributed by atoms with van der Waals surface area (Å²) in [5.74, 6) is -0.0342. The number of hydrogen-bond acceptors (Lipinski definition) is 1. The number of hydrogen-bond donors (Lipinski definition) is 0. The molecule has 0 aliphatic rings. The van der Waals surface area contributed by atoms with Crippen LogP contribution in [0.15, 0.2) is 255 Å². The highest BCUT2D eigenvalue weighted by molar-refractivity contribution is 6.11. The van der Waals surface area contributed by atoms with Gasteiger partial charge in [0, 0.05) is 11.1 Å².